The van der Waals surface area contributed by atoms with Crippen LogP contribution in [0.2, 0.25) is 0 Å². The lowest BCUT2D eigenvalue weighted by Gasteiger charge is -2.09. The van der Waals surface area contributed by atoms with E-state index in [-0.39, 0.29) is 0 Å². The molecule has 0 bridgehead atoms. The van der Waals surface area contributed by atoms with Crippen LogP contribution in [0.5, 0.6) is 0 Å². The van der Waals surface area contributed by atoms with E-state index >= 15 is 0 Å². The van der Waals surface area contributed by atoms with Crippen molar-refractivity contribution in [2.75, 3.05) is 0 Å². The molecule has 2 heteroatoms. The van der Waals surface area contributed by atoms with Crippen molar-refractivity contribution in [1.82, 2.24) is 9.13 Å². The molecule has 0 saturated carbocycles. The molecule has 8 rings (SSSR count). The Balaban J connectivity index is 1.33. The Bertz CT molecular complexity index is 2160. The number of aryl methyl sites for hydroxylation is 2. The summed E-state index contributed by atoms with van der Waals surface area (Å²) in [5.74, 6) is 0. The maximum Gasteiger partial charge on any atom is 0.0541 e. The molecule has 41 heavy (non-hydrogen) atoms. The van der Waals surface area contributed by atoms with E-state index in [4.69, 9.17) is 0 Å². The van der Waals surface area contributed by atoms with Gasteiger partial charge in [0.15, 0.2) is 0 Å². The molecule has 0 fully saturated rings. The van der Waals surface area contributed by atoms with E-state index in [1.807, 2.05) is 0 Å². The van der Waals surface area contributed by atoms with Crippen molar-refractivity contribution >= 4 is 50.4 Å². The van der Waals surface area contributed by atoms with Crippen LogP contribution in [0, 0.1) is 13.8 Å². The molecular formula is C39H30N2. The minimum Gasteiger partial charge on any atom is -0.309 e. The number of hydrogen-bond donors (Lipinski definition) is 0. The van der Waals surface area contributed by atoms with Gasteiger partial charge in [0.25, 0.3) is 0 Å². The molecule has 0 N–H and O–H groups in total. The standard InChI is InChI=1S/C39H30N2/c1-26-14-19-30(20-15-26)40-36-11-5-3-9-32(36)34-24-28(8-7-13-38(34)40)29-18-23-39-35(25-29)33-10-4-6-12-37(33)41(39)31-21-16-27(2)17-22-31/h3-7,9-25H,8H2,1-2H3. The number of rotatable bonds is 3. The fraction of sp³-hybridized carbons (Fsp3) is 0.0769. The summed E-state index contributed by atoms with van der Waals surface area (Å²) in [6.45, 7) is 4.28. The van der Waals surface area contributed by atoms with E-state index in [0.717, 1.165) is 6.42 Å². The topological polar surface area (TPSA) is 9.86 Å². The van der Waals surface area contributed by atoms with E-state index in [0.29, 0.717) is 0 Å². The van der Waals surface area contributed by atoms with E-state index in [1.165, 1.54) is 77.6 Å². The number of benzene rings is 5. The Hall–Kier alpha value is -5.08. The van der Waals surface area contributed by atoms with E-state index in [1.54, 1.807) is 0 Å². The van der Waals surface area contributed by atoms with Gasteiger partial charge < -0.3 is 9.13 Å². The molecule has 0 amide bonds. The third kappa shape index (κ3) is 3.79. The molecule has 0 radical (unpaired) electrons. The SMILES string of the molecule is Cc1ccc(-n2c3c(c4ccccc42)C=C(c2ccc4c(c2)c2ccccc2n4-c2ccc(C)cc2)CC=C3)cc1. The zero-order valence-electron chi connectivity index (χ0n) is 23.3. The van der Waals surface area contributed by atoms with E-state index < -0.39 is 0 Å². The quantitative estimate of drug-likeness (QED) is 0.217. The van der Waals surface area contributed by atoms with Crippen LogP contribution in [-0.2, 0) is 0 Å². The van der Waals surface area contributed by atoms with Crippen molar-refractivity contribution in [2.24, 2.45) is 0 Å². The summed E-state index contributed by atoms with van der Waals surface area (Å²) in [6.07, 6.45) is 7.93. The highest BCUT2D eigenvalue weighted by Gasteiger charge is 2.19. The van der Waals surface area contributed by atoms with Gasteiger partial charge >= 0.3 is 0 Å². The fourth-order valence-corrected chi connectivity index (χ4v) is 6.45. The molecule has 5 aromatic carbocycles. The van der Waals surface area contributed by atoms with Gasteiger partial charge in [0.2, 0.25) is 0 Å². The lowest BCUT2D eigenvalue weighted by molar-refractivity contribution is 1.10. The first-order valence-corrected chi connectivity index (χ1v) is 14.3. The molecule has 1 aliphatic rings. The van der Waals surface area contributed by atoms with Crippen molar-refractivity contribution < 1.29 is 0 Å². The predicted octanol–water partition coefficient (Wildman–Crippen LogP) is 10.3. The number of allylic oxidation sites excluding steroid dienone is 2. The minimum atomic E-state index is 0.888. The molecule has 2 heterocycles. The van der Waals surface area contributed by atoms with Gasteiger partial charge in [0, 0.05) is 33.1 Å². The maximum atomic E-state index is 2.42. The molecule has 0 atom stereocenters. The second-order valence-electron chi connectivity index (χ2n) is 11.2. The normalized spacial score (nSPS) is 13.1. The van der Waals surface area contributed by atoms with Gasteiger partial charge in [-0.3, -0.25) is 0 Å². The van der Waals surface area contributed by atoms with Crippen LogP contribution < -0.4 is 0 Å². The zero-order chi connectivity index (χ0) is 27.5. The van der Waals surface area contributed by atoms with Crippen LogP contribution in [0.3, 0.4) is 0 Å². The molecule has 0 unspecified atom stereocenters. The minimum absolute atomic E-state index is 0.888. The molecule has 7 aromatic rings. The number of hydrogen-bond acceptors (Lipinski definition) is 0. The Morgan fingerprint density at radius 1 is 0.537 bits per heavy atom. The first-order chi connectivity index (χ1) is 20.2. The van der Waals surface area contributed by atoms with Gasteiger partial charge in [0.05, 0.1) is 22.2 Å². The van der Waals surface area contributed by atoms with Crippen molar-refractivity contribution in [3.05, 3.63) is 149 Å². The Morgan fingerprint density at radius 2 is 1.12 bits per heavy atom. The molecule has 0 saturated heterocycles. The highest BCUT2D eigenvalue weighted by molar-refractivity contribution is 6.11. The lowest BCUT2D eigenvalue weighted by atomic mass is 9.98. The monoisotopic (exact) mass is 526 g/mol. The van der Waals surface area contributed by atoms with Crippen LogP contribution in [0.1, 0.15) is 34.4 Å². The summed E-state index contributed by atoms with van der Waals surface area (Å²) in [5, 5.41) is 3.85. The Morgan fingerprint density at radius 3 is 1.83 bits per heavy atom. The first kappa shape index (κ1) is 23.8. The van der Waals surface area contributed by atoms with Gasteiger partial charge in [-0.25, -0.2) is 0 Å². The molecule has 0 spiro atoms. The van der Waals surface area contributed by atoms with Gasteiger partial charge in [-0.1, -0.05) is 83.9 Å². The molecule has 2 aromatic heterocycles. The van der Waals surface area contributed by atoms with Gasteiger partial charge in [-0.15, -0.1) is 0 Å². The summed E-state index contributed by atoms with van der Waals surface area (Å²) in [7, 11) is 0. The largest absolute Gasteiger partial charge is 0.309 e. The molecule has 196 valence electrons. The fourth-order valence-electron chi connectivity index (χ4n) is 6.45. The summed E-state index contributed by atoms with van der Waals surface area (Å²) in [5.41, 5.74) is 13.8. The van der Waals surface area contributed by atoms with Crippen molar-refractivity contribution in [3.63, 3.8) is 0 Å². The van der Waals surface area contributed by atoms with Crippen molar-refractivity contribution in [1.29, 1.82) is 0 Å². The van der Waals surface area contributed by atoms with Crippen LogP contribution >= 0.6 is 0 Å². The number of aromatic nitrogens is 2. The highest BCUT2D eigenvalue weighted by Crippen LogP contribution is 2.39. The third-order valence-electron chi connectivity index (χ3n) is 8.51. The molecule has 2 nitrogen and oxygen atoms in total. The predicted molar refractivity (Wildman–Crippen MR) is 175 cm³/mol. The Kier molecular flexibility index (Phi) is 5.36. The average Bonchev–Trinajstić information content (AvgIpc) is 3.39. The van der Waals surface area contributed by atoms with Gasteiger partial charge in [0.1, 0.15) is 0 Å². The van der Waals surface area contributed by atoms with Crippen LogP contribution in [0.25, 0.3) is 61.8 Å². The summed E-state index contributed by atoms with van der Waals surface area (Å²) in [4.78, 5) is 0. The van der Waals surface area contributed by atoms with Crippen LogP contribution in [-0.4, -0.2) is 9.13 Å². The van der Waals surface area contributed by atoms with Gasteiger partial charge in [-0.05, 0) is 92.1 Å². The van der Waals surface area contributed by atoms with Crippen LogP contribution in [0.15, 0.2) is 121 Å². The molecular weight excluding hydrogens is 496 g/mol. The Labute approximate surface area is 240 Å². The average molecular weight is 527 g/mol. The van der Waals surface area contributed by atoms with Crippen LogP contribution in [0.4, 0.5) is 0 Å². The first-order valence-electron chi connectivity index (χ1n) is 14.3. The number of para-hydroxylation sites is 2. The summed E-state index contributed by atoms with van der Waals surface area (Å²) in [6, 6.07) is 42.2. The van der Waals surface area contributed by atoms with Crippen molar-refractivity contribution in [2.45, 2.75) is 20.3 Å². The smallest absolute Gasteiger partial charge is 0.0541 e. The summed E-state index contributed by atoms with van der Waals surface area (Å²) >= 11 is 0. The summed E-state index contributed by atoms with van der Waals surface area (Å²) < 4.78 is 4.79. The number of fused-ring (bicyclic) bond motifs is 6. The lowest BCUT2D eigenvalue weighted by Crippen LogP contribution is -1.96. The second-order valence-corrected chi connectivity index (χ2v) is 11.2. The maximum absolute atomic E-state index is 2.42. The highest BCUT2D eigenvalue weighted by atomic mass is 15.0. The van der Waals surface area contributed by atoms with Gasteiger partial charge in [-0.2, -0.15) is 0 Å². The number of nitrogens with zero attached hydrogens (tertiary/aromatic N) is 2. The van der Waals surface area contributed by atoms with E-state index in [9.17, 15) is 0 Å². The van der Waals surface area contributed by atoms with Crippen molar-refractivity contribution in [3.8, 4) is 11.4 Å². The third-order valence-corrected chi connectivity index (χ3v) is 8.51. The van der Waals surface area contributed by atoms with E-state index in [2.05, 4.69) is 156 Å². The molecule has 1 aliphatic carbocycles. The molecule has 0 aliphatic heterocycles. The second kappa shape index (κ2) is 9.25. The zero-order valence-corrected chi connectivity index (χ0v) is 23.3.